The molecule has 5 rings (SSSR count). The molecule has 0 saturated carbocycles. The first kappa shape index (κ1) is 20.7. The molecule has 0 radical (unpaired) electrons. The van der Waals surface area contributed by atoms with Crippen molar-refractivity contribution in [2.24, 2.45) is 0 Å². The molecule has 0 unspecified atom stereocenters. The van der Waals surface area contributed by atoms with Gasteiger partial charge in [-0.3, -0.25) is 4.68 Å². The summed E-state index contributed by atoms with van der Waals surface area (Å²) in [6.45, 7) is 10.4. The first-order valence-corrected chi connectivity index (χ1v) is 12.0. The zero-order valence-corrected chi connectivity index (χ0v) is 19.4. The molecule has 1 aliphatic rings. The molecule has 0 fully saturated rings. The molecule has 4 aromatic rings. The third-order valence-corrected chi connectivity index (χ3v) is 6.57. The lowest BCUT2D eigenvalue weighted by Gasteiger charge is -2.20. The number of aryl methyl sites for hydroxylation is 2. The van der Waals surface area contributed by atoms with Crippen molar-refractivity contribution >= 4 is 16.9 Å². The lowest BCUT2D eigenvalue weighted by atomic mass is 9.99. The van der Waals surface area contributed by atoms with Crippen LogP contribution in [-0.2, 0) is 19.5 Å². The zero-order valence-electron chi connectivity index (χ0n) is 19.4. The molecule has 1 aliphatic heterocycles. The summed E-state index contributed by atoms with van der Waals surface area (Å²) >= 11 is 0. The van der Waals surface area contributed by atoms with Crippen LogP contribution in [-0.4, -0.2) is 37.4 Å². The van der Waals surface area contributed by atoms with Gasteiger partial charge in [-0.2, -0.15) is 5.10 Å². The van der Waals surface area contributed by atoms with E-state index in [0.29, 0.717) is 0 Å². The number of anilines is 1. The molecule has 166 valence electrons. The first-order chi connectivity index (χ1) is 15.7. The minimum absolute atomic E-state index is 0.942. The third kappa shape index (κ3) is 3.57. The summed E-state index contributed by atoms with van der Waals surface area (Å²) in [5.41, 5.74) is 7.97. The van der Waals surface area contributed by atoms with Gasteiger partial charge in [0.2, 0.25) is 0 Å². The number of benzene rings is 1. The summed E-state index contributed by atoms with van der Waals surface area (Å²) in [5.74, 6) is 1.01. The van der Waals surface area contributed by atoms with Crippen molar-refractivity contribution < 1.29 is 0 Å². The van der Waals surface area contributed by atoms with Crippen molar-refractivity contribution in [3.8, 4) is 22.5 Å². The first-order valence-electron chi connectivity index (χ1n) is 12.0. The Labute approximate surface area is 189 Å². The molecule has 6 heteroatoms. The molecule has 0 saturated heterocycles. The van der Waals surface area contributed by atoms with Gasteiger partial charge >= 0.3 is 0 Å². The summed E-state index contributed by atoms with van der Waals surface area (Å²) in [6.07, 6.45) is 6.52. The number of pyridine rings is 1. The van der Waals surface area contributed by atoms with Crippen LogP contribution < -0.4 is 4.90 Å². The molecular formula is C26H32N6. The Kier molecular flexibility index (Phi) is 5.68. The third-order valence-electron chi connectivity index (χ3n) is 6.57. The Bertz CT molecular complexity index is 1230. The second-order valence-electron chi connectivity index (χ2n) is 8.55. The van der Waals surface area contributed by atoms with Crippen molar-refractivity contribution in [3.63, 3.8) is 0 Å². The fourth-order valence-corrected chi connectivity index (χ4v) is 4.81. The van der Waals surface area contributed by atoms with Crippen LogP contribution >= 0.6 is 0 Å². The lowest BCUT2D eigenvalue weighted by molar-refractivity contribution is 0.646. The molecule has 3 aromatic heterocycles. The predicted octanol–water partition coefficient (Wildman–Crippen LogP) is 5.55. The van der Waals surface area contributed by atoms with Gasteiger partial charge in [-0.05, 0) is 62.9 Å². The minimum atomic E-state index is 0.942. The predicted molar refractivity (Wildman–Crippen MR) is 131 cm³/mol. The molecule has 0 N–H and O–H groups in total. The molecule has 4 heterocycles. The van der Waals surface area contributed by atoms with Crippen LogP contribution in [0.25, 0.3) is 33.5 Å². The highest BCUT2D eigenvalue weighted by atomic mass is 15.3. The van der Waals surface area contributed by atoms with Crippen molar-refractivity contribution in [1.29, 1.82) is 0 Å². The monoisotopic (exact) mass is 428 g/mol. The van der Waals surface area contributed by atoms with Gasteiger partial charge in [-0.25, -0.2) is 9.97 Å². The average Bonchev–Trinajstić information content (AvgIpc) is 3.53. The standard InChI is InChI=1S/C26H32N6/c1-4-7-15-31-18-27-20-14-13-19(17-23(20)31)25-22-11-9-16-32(22)29-26(25)21-10-8-12-24(28-21)30(5-2)6-3/h8,10,12-14,17-18H,4-7,9,11,15-16H2,1-3H3. The number of aromatic nitrogens is 5. The van der Waals surface area contributed by atoms with Crippen LogP contribution in [0.3, 0.4) is 0 Å². The molecule has 1 aromatic carbocycles. The Morgan fingerprint density at radius 1 is 1.06 bits per heavy atom. The number of hydrogen-bond donors (Lipinski definition) is 0. The molecule has 32 heavy (non-hydrogen) atoms. The Morgan fingerprint density at radius 2 is 1.94 bits per heavy atom. The van der Waals surface area contributed by atoms with Gasteiger partial charge in [0, 0.05) is 37.4 Å². The minimum Gasteiger partial charge on any atom is -0.357 e. The van der Waals surface area contributed by atoms with E-state index in [4.69, 9.17) is 10.1 Å². The van der Waals surface area contributed by atoms with Crippen LogP contribution in [0.4, 0.5) is 5.82 Å². The number of rotatable bonds is 8. The van der Waals surface area contributed by atoms with E-state index < -0.39 is 0 Å². The Balaban J connectivity index is 1.64. The van der Waals surface area contributed by atoms with Gasteiger partial charge < -0.3 is 9.47 Å². The van der Waals surface area contributed by atoms with E-state index in [9.17, 15) is 0 Å². The molecule has 0 spiro atoms. The van der Waals surface area contributed by atoms with Gasteiger partial charge in [0.25, 0.3) is 0 Å². The molecule has 0 aliphatic carbocycles. The molecular weight excluding hydrogens is 396 g/mol. The quantitative estimate of drug-likeness (QED) is 0.369. The van der Waals surface area contributed by atoms with Gasteiger partial charge in [-0.1, -0.05) is 25.5 Å². The molecule has 0 atom stereocenters. The maximum absolute atomic E-state index is 5.04. The second-order valence-corrected chi connectivity index (χ2v) is 8.55. The highest BCUT2D eigenvalue weighted by Gasteiger charge is 2.25. The Morgan fingerprint density at radius 3 is 2.75 bits per heavy atom. The summed E-state index contributed by atoms with van der Waals surface area (Å²) in [4.78, 5) is 11.9. The van der Waals surface area contributed by atoms with Crippen molar-refractivity contribution in [1.82, 2.24) is 24.3 Å². The van der Waals surface area contributed by atoms with Gasteiger partial charge in [0.15, 0.2) is 0 Å². The molecule has 6 nitrogen and oxygen atoms in total. The number of fused-ring (bicyclic) bond motifs is 2. The van der Waals surface area contributed by atoms with Gasteiger partial charge in [0.05, 0.1) is 23.1 Å². The average molecular weight is 429 g/mol. The van der Waals surface area contributed by atoms with E-state index in [2.05, 4.69) is 76.3 Å². The maximum atomic E-state index is 5.04. The number of imidazole rings is 1. The highest BCUT2D eigenvalue weighted by Crippen LogP contribution is 2.38. The highest BCUT2D eigenvalue weighted by molar-refractivity contribution is 5.88. The number of unbranched alkanes of at least 4 members (excludes halogenated alkanes) is 1. The Hall–Kier alpha value is -3.15. The zero-order chi connectivity index (χ0) is 22.1. The van der Waals surface area contributed by atoms with E-state index in [0.717, 1.165) is 68.2 Å². The van der Waals surface area contributed by atoms with Crippen LogP contribution in [0.15, 0.2) is 42.7 Å². The van der Waals surface area contributed by atoms with Gasteiger partial charge in [0.1, 0.15) is 11.5 Å². The smallest absolute Gasteiger partial charge is 0.129 e. The van der Waals surface area contributed by atoms with Crippen molar-refractivity contribution in [3.05, 3.63) is 48.4 Å². The molecule has 0 amide bonds. The van der Waals surface area contributed by atoms with E-state index >= 15 is 0 Å². The maximum Gasteiger partial charge on any atom is 0.129 e. The molecule has 0 bridgehead atoms. The fraction of sp³-hybridized carbons (Fsp3) is 0.423. The number of hydrogen-bond acceptors (Lipinski definition) is 4. The summed E-state index contributed by atoms with van der Waals surface area (Å²) in [5, 5.41) is 5.04. The van der Waals surface area contributed by atoms with Crippen molar-refractivity contribution in [2.45, 2.75) is 59.5 Å². The van der Waals surface area contributed by atoms with Crippen molar-refractivity contribution in [2.75, 3.05) is 18.0 Å². The fourth-order valence-electron chi connectivity index (χ4n) is 4.81. The van der Waals surface area contributed by atoms with Crippen LogP contribution in [0.5, 0.6) is 0 Å². The van der Waals surface area contributed by atoms with Crippen LogP contribution in [0, 0.1) is 0 Å². The van der Waals surface area contributed by atoms with Gasteiger partial charge in [-0.15, -0.1) is 0 Å². The second kappa shape index (κ2) is 8.77. The number of nitrogens with zero attached hydrogens (tertiary/aromatic N) is 6. The largest absolute Gasteiger partial charge is 0.357 e. The summed E-state index contributed by atoms with van der Waals surface area (Å²) in [6, 6.07) is 12.9. The summed E-state index contributed by atoms with van der Waals surface area (Å²) < 4.78 is 4.47. The van der Waals surface area contributed by atoms with Crippen LogP contribution in [0.2, 0.25) is 0 Å². The lowest BCUT2D eigenvalue weighted by Crippen LogP contribution is -2.22. The van der Waals surface area contributed by atoms with E-state index in [-0.39, 0.29) is 0 Å². The van der Waals surface area contributed by atoms with Crippen LogP contribution in [0.1, 0.15) is 45.7 Å². The summed E-state index contributed by atoms with van der Waals surface area (Å²) in [7, 11) is 0. The van der Waals surface area contributed by atoms with E-state index in [1.165, 1.54) is 28.8 Å². The van der Waals surface area contributed by atoms with E-state index in [1.54, 1.807) is 0 Å². The SMILES string of the molecule is CCCCn1cnc2ccc(-c3c(-c4cccc(N(CC)CC)n4)nn4c3CCC4)cc21. The topological polar surface area (TPSA) is 51.8 Å². The van der Waals surface area contributed by atoms with E-state index in [1.807, 2.05) is 6.33 Å². The normalized spacial score (nSPS) is 13.1.